The van der Waals surface area contributed by atoms with Crippen LogP contribution in [-0.4, -0.2) is 50.2 Å². The Labute approximate surface area is 151 Å². The smallest absolute Gasteiger partial charge is 0.243 e. The molecule has 2 aliphatic rings. The van der Waals surface area contributed by atoms with Crippen molar-refractivity contribution in [3.8, 4) is 0 Å². The van der Waals surface area contributed by atoms with Gasteiger partial charge in [0, 0.05) is 12.6 Å². The largest absolute Gasteiger partial charge is 0.379 e. The molecule has 3 atom stereocenters. The molecule has 0 saturated carbocycles. The predicted molar refractivity (Wildman–Crippen MR) is 98.2 cm³/mol. The maximum atomic E-state index is 13.2. The van der Waals surface area contributed by atoms with Crippen LogP contribution >= 0.6 is 0 Å². The zero-order valence-electron chi connectivity index (χ0n) is 16.0. The Morgan fingerprint density at radius 1 is 1.16 bits per heavy atom. The van der Waals surface area contributed by atoms with Gasteiger partial charge >= 0.3 is 0 Å². The van der Waals surface area contributed by atoms with Gasteiger partial charge in [0.15, 0.2) is 0 Å². The van der Waals surface area contributed by atoms with Gasteiger partial charge in [-0.15, -0.1) is 0 Å². The van der Waals surface area contributed by atoms with Crippen molar-refractivity contribution in [3.05, 3.63) is 0 Å². The van der Waals surface area contributed by atoms with Gasteiger partial charge in [-0.3, -0.25) is 9.59 Å². The lowest BCUT2D eigenvalue weighted by Gasteiger charge is -2.38. The maximum absolute atomic E-state index is 13.2. The van der Waals surface area contributed by atoms with Crippen LogP contribution in [-0.2, 0) is 14.3 Å². The fourth-order valence-corrected chi connectivity index (χ4v) is 3.79. The fourth-order valence-electron chi connectivity index (χ4n) is 3.79. The second-order valence-corrected chi connectivity index (χ2v) is 7.81. The molecule has 6 heteroatoms. The molecule has 2 amide bonds. The first-order chi connectivity index (χ1) is 12.0. The van der Waals surface area contributed by atoms with Crippen LogP contribution in [0.5, 0.6) is 0 Å². The molecule has 144 valence electrons. The second-order valence-electron chi connectivity index (χ2n) is 7.81. The van der Waals surface area contributed by atoms with Crippen molar-refractivity contribution in [3.63, 3.8) is 0 Å². The lowest BCUT2D eigenvalue weighted by Crippen LogP contribution is -2.57. The van der Waals surface area contributed by atoms with Gasteiger partial charge in [-0.2, -0.15) is 0 Å². The predicted octanol–water partition coefficient (Wildman–Crippen LogP) is 1.59. The fraction of sp³-hybridized carbons (Fsp3) is 0.895. The van der Waals surface area contributed by atoms with E-state index in [1.165, 1.54) is 0 Å². The summed E-state index contributed by atoms with van der Waals surface area (Å²) in [6.45, 7) is 8.95. The van der Waals surface area contributed by atoms with Crippen LogP contribution in [0.1, 0.15) is 59.3 Å². The molecule has 2 rings (SSSR count). The molecule has 2 fully saturated rings. The summed E-state index contributed by atoms with van der Waals surface area (Å²) in [7, 11) is 0. The summed E-state index contributed by atoms with van der Waals surface area (Å²) < 4.78 is 5.70. The Kier molecular flexibility index (Phi) is 7.69. The number of nitrogens with one attached hydrogen (secondary N) is 3. The van der Waals surface area contributed by atoms with E-state index in [9.17, 15) is 9.59 Å². The molecule has 2 heterocycles. The molecule has 0 aromatic carbocycles. The van der Waals surface area contributed by atoms with E-state index in [4.69, 9.17) is 4.74 Å². The quantitative estimate of drug-likeness (QED) is 0.704. The Morgan fingerprint density at radius 3 is 2.56 bits per heavy atom. The summed E-state index contributed by atoms with van der Waals surface area (Å²) in [5, 5.41) is 9.47. The van der Waals surface area contributed by atoms with Crippen LogP contribution in [0.25, 0.3) is 0 Å². The molecule has 0 radical (unpaired) electrons. The van der Waals surface area contributed by atoms with Crippen molar-refractivity contribution in [2.75, 3.05) is 26.3 Å². The highest BCUT2D eigenvalue weighted by Gasteiger charge is 2.41. The topological polar surface area (TPSA) is 79.5 Å². The van der Waals surface area contributed by atoms with Gasteiger partial charge in [0.1, 0.15) is 6.04 Å². The molecular formula is C19H35N3O3. The van der Waals surface area contributed by atoms with Gasteiger partial charge in [-0.25, -0.2) is 0 Å². The average Bonchev–Trinajstić information content (AvgIpc) is 2.62. The third-order valence-electron chi connectivity index (χ3n) is 5.77. The van der Waals surface area contributed by atoms with Crippen molar-refractivity contribution in [2.24, 2.45) is 11.3 Å². The van der Waals surface area contributed by atoms with Crippen LogP contribution in [0.2, 0.25) is 0 Å². The van der Waals surface area contributed by atoms with Crippen LogP contribution < -0.4 is 16.0 Å². The number of rotatable bonds is 2. The molecule has 25 heavy (non-hydrogen) atoms. The summed E-state index contributed by atoms with van der Waals surface area (Å²) in [5.41, 5.74) is -0.350. The zero-order chi connectivity index (χ0) is 18.3. The van der Waals surface area contributed by atoms with Crippen LogP contribution in [0.4, 0.5) is 0 Å². The lowest BCUT2D eigenvalue weighted by molar-refractivity contribution is -0.138. The molecule has 6 nitrogen and oxygen atoms in total. The van der Waals surface area contributed by atoms with Gasteiger partial charge < -0.3 is 20.7 Å². The van der Waals surface area contributed by atoms with Gasteiger partial charge in [0.25, 0.3) is 0 Å². The van der Waals surface area contributed by atoms with Gasteiger partial charge in [0.05, 0.1) is 12.0 Å². The molecule has 0 unspecified atom stereocenters. The van der Waals surface area contributed by atoms with E-state index >= 15 is 0 Å². The van der Waals surface area contributed by atoms with Crippen LogP contribution in [0.3, 0.4) is 0 Å². The molecule has 2 aliphatic heterocycles. The van der Waals surface area contributed by atoms with E-state index in [2.05, 4.69) is 22.9 Å². The summed E-state index contributed by atoms with van der Waals surface area (Å²) in [6, 6.07) is -0.531. The third-order valence-corrected chi connectivity index (χ3v) is 5.77. The number of ether oxygens (including phenoxy) is 1. The van der Waals surface area contributed by atoms with E-state index in [0.29, 0.717) is 13.2 Å². The Hall–Kier alpha value is -1.14. The maximum Gasteiger partial charge on any atom is 0.243 e. The number of carbonyl (C=O) groups excluding carboxylic acids is 2. The van der Waals surface area contributed by atoms with Gasteiger partial charge in [-0.05, 0) is 51.6 Å². The molecule has 1 spiro atoms. The standard InChI is InChI=1S/C19H35N3O3/c1-4-14(2)16-17(23)21-15(3)13-25-12-6-5-7-19(18(24)22-16)8-10-20-11-9-19/h14-16,20H,4-13H2,1-3H3,(H,21,23)(H,22,24)/t14-,15+,16-/m0/s1. The van der Waals surface area contributed by atoms with Crippen molar-refractivity contribution in [1.29, 1.82) is 0 Å². The third kappa shape index (κ3) is 5.42. The minimum absolute atomic E-state index is 0.0513. The number of piperidine rings is 1. The Morgan fingerprint density at radius 2 is 1.88 bits per heavy atom. The minimum Gasteiger partial charge on any atom is -0.379 e. The van der Waals surface area contributed by atoms with E-state index in [1.807, 2.05) is 13.8 Å². The normalized spacial score (nSPS) is 30.4. The van der Waals surface area contributed by atoms with Crippen molar-refractivity contribution < 1.29 is 14.3 Å². The van der Waals surface area contributed by atoms with Gasteiger partial charge in [0.2, 0.25) is 11.8 Å². The first-order valence-corrected chi connectivity index (χ1v) is 9.88. The first-order valence-electron chi connectivity index (χ1n) is 9.88. The SMILES string of the molecule is CC[C@H](C)[C@@H]1NC(=O)C2(CCCCOC[C@@H](C)NC1=O)CCNCC2. The zero-order valence-corrected chi connectivity index (χ0v) is 16.0. The van der Waals surface area contributed by atoms with Crippen LogP contribution in [0, 0.1) is 11.3 Å². The molecule has 0 aromatic rings. The molecule has 0 aromatic heterocycles. The number of hydrogen-bond donors (Lipinski definition) is 3. The molecule has 0 bridgehead atoms. The van der Waals surface area contributed by atoms with Gasteiger partial charge in [-0.1, -0.05) is 26.7 Å². The van der Waals surface area contributed by atoms with Crippen molar-refractivity contribution in [1.82, 2.24) is 16.0 Å². The highest BCUT2D eigenvalue weighted by Crippen LogP contribution is 2.35. The van der Waals surface area contributed by atoms with Crippen LogP contribution in [0.15, 0.2) is 0 Å². The Balaban J connectivity index is 2.21. The molecule has 0 aliphatic carbocycles. The molecule has 3 N–H and O–H groups in total. The van der Waals surface area contributed by atoms with Crippen molar-refractivity contribution in [2.45, 2.75) is 71.4 Å². The highest BCUT2D eigenvalue weighted by atomic mass is 16.5. The Bertz CT molecular complexity index is 449. The van der Waals surface area contributed by atoms with E-state index in [-0.39, 0.29) is 29.2 Å². The second kappa shape index (κ2) is 9.53. The van der Waals surface area contributed by atoms with E-state index in [1.54, 1.807) is 0 Å². The summed E-state index contributed by atoms with van der Waals surface area (Å²) in [4.78, 5) is 26.0. The highest BCUT2D eigenvalue weighted by molar-refractivity contribution is 5.90. The lowest BCUT2D eigenvalue weighted by atomic mass is 9.73. The number of hydrogen-bond acceptors (Lipinski definition) is 4. The first kappa shape index (κ1) is 20.2. The minimum atomic E-state index is -0.479. The monoisotopic (exact) mass is 353 g/mol. The summed E-state index contributed by atoms with van der Waals surface area (Å²) >= 11 is 0. The van der Waals surface area contributed by atoms with E-state index in [0.717, 1.165) is 51.6 Å². The number of carbonyl (C=O) groups is 2. The number of amides is 2. The average molecular weight is 354 g/mol. The van der Waals surface area contributed by atoms with Crippen molar-refractivity contribution >= 4 is 11.8 Å². The molecule has 2 saturated heterocycles. The van der Waals surface area contributed by atoms with E-state index < -0.39 is 6.04 Å². The molecular weight excluding hydrogens is 318 g/mol. The summed E-state index contributed by atoms with van der Waals surface area (Å²) in [6.07, 6.45) is 5.33. The summed E-state index contributed by atoms with van der Waals surface area (Å²) in [5.74, 6) is 0.0605.